The summed E-state index contributed by atoms with van der Waals surface area (Å²) in [5.41, 5.74) is 0.738. The Kier molecular flexibility index (Phi) is 4.61. The molecule has 4 nitrogen and oxygen atoms in total. The molecule has 0 unspecified atom stereocenters. The van der Waals surface area contributed by atoms with Gasteiger partial charge in [-0.3, -0.25) is 9.59 Å². The topological polar surface area (TPSA) is 58.2 Å². The number of benzene rings is 2. The highest BCUT2D eigenvalue weighted by Gasteiger charge is 2.16. The highest BCUT2D eigenvalue weighted by molar-refractivity contribution is 6.45. The molecule has 20 heavy (non-hydrogen) atoms. The number of amides is 2. The first-order chi connectivity index (χ1) is 9.58. The van der Waals surface area contributed by atoms with Gasteiger partial charge in [0, 0.05) is 0 Å². The van der Waals surface area contributed by atoms with Crippen LogP contribution >= 0.6 is 23.2 Å². The van der Waals surface area contributed by atoms with Crippen LogP contribution in [0.15, 0.2) is 48.5 Å². The third-order valence-electron chi connectivity index (χ3n) is 2.45. The Morgan fingerprint density at radius 1 is 0.700 bits per heavy atom. The maximum absolute atomic E-state index is 11.8. The van der Waals surface area contributed by atoms with Crippen LogP contribution in [0, 0.1) is 0 Å². The van der Waals surface area contributed by atoms with Crippen LogP contribution in [0.2, 0.25) is 10.0 Å². The van der Waals surface area contributed by atoms with E-state index in [-0.39, 0.29) is 0 Å². The Hall–Kier alpha value is -2.04. The van der Waals surface area contributed by atoms with Crippen molar-refractivity contribution in [1.29, 1.82) is 0 Å². The van der Waals surface area contributed by atoms with Gasteiger partial charge >= 0.3 is 11.8 Å². The molecule has 0 fully saturated rings. The zero-order chi connectivity index (χ0) is 14.5. The van der Waals surface area contributed by atoms with Crippen molar-refractivity contribution < 1.29 is 9.59 Å². The van der Waals surface area contributed by atoms with Gasteiger partial charge in [0.1, 0.15) is 0 Å². The van der Waals surface area contributed by atoms with E-state index in [0.717, 1.165) is 0 Å². The summed E-state index contributed by atoms with van der Waals surface area (Å²) in [7, 11) is 0. The van der Waals surface area contributed by atoms with E-state index < -0.39 is 11.8 Å². The summed E-state index contributed by atoms with van der Waals surface area (Å²) in [4.78, 5) is 23.5. The molecule has 0 spiro atoms. The van der Waals surface area contributed by atoms with E-state index in [4.69, 9.17) is 23.2 Å². The molecule has 0 atom stereocenters. The molecule has 6 heteroatoms. The molecule has 0 saturated heterocycles. The molecular weight excluding hydrogens is 299 g/mol. The van der Waals surface area contributed by atoms with Crippen LogP contribution in [0.1, 0.15) is 0 Å². The highest BCUT2D eigenvalue weighted by atomic mass is 35.5. The Balaban J connectivity index is 2.05. The summed E-state index contributed by atoms with van der Waals surface area (Å²) in [5.74, 6) is -1.64. The molecule has 0 radical (unpaired) electrons. The van der Waals surface area contributed by atoms with Crippen molar-refractivity contribution in [3.8, 4) is 0 Å². The lowest BCUT2D eigenvalue weighted by molar-refractivity contribution is -0.132. The molecule has 0 heterocycles. The Bertz CT molecular complexity index is 602. The van der Waals surface area contributed by atoms with Crippen LogP contribution in [0.3, 0.4) is 0 Å². The number of carbonyl (C=O) groups excluding carboxylic acids is 2. The molecule has 2 aromatic carbocycles. The smallest absolute Gasteiger partial charge is 0.314 e. The van der Waals surface area contributed by atoms with Gasteiger partial charge < -0.3 is 10.6 Å². The quantitative estimate of drug-likeness (QED) is 0.833. The number of nitrogens with one attached hydrogen (secondary N) is 2. The zero-order valence-electron chi connectivity index (χ0n) is 10.2. The fraction of sp³-hybridized carbons (Fsp3) is 0. The van der Waals surface area contributed by atoms with Gasteiger partial charge in [-0.1, -0.05) is 47.5 Å². The maximum atomic E-state index is 11.8. The lowest BCUT2D eigenvalue weighted by atomic mass is 10.3. The van der Waals surface area contributed by atoms with E-state index in [2.05, 4.69) is 10.6 Å². The standard InChI is InChI=1S/C14H10Cl2N2O2/c15-9-5-1-3-7-11(9)17-13(19)14(20)18-12-8-4-2-6-10(12)16/h1-8H,(H,17,19)(H,18,20). The average molecular weight is 309 g/mol. The van der Waals surface area contributed by atoms with Crippen LogP contribution in [-0.4, -0.2) is 11.8 Å². The van der Waals surface area contributed by atoms with Gasteiger partial charge in [0.15, 0.2) is 0 Å². The SMILES string of the molecule is O=C(Nc1ccccc1Cl)C(=O)Nc1ccccc1Cl. The van der Waals surface area contributed by atoms with Crippen molar-refractivity contribution >= 4 is 46.4 Å². The van der Waals surface area contributed by atoms with Crippen LogP contribution in [-0.2, 0) is 9.59 Å². The molecule has 0 saturated carbocycles. The third kappa shape index (κ3) is 3.50. The molecule has 2 amide bonds. The molecule has 0 aliphatic heterocycles. The first kappa shape index (κ1) is 14.4. The maximum Gasteiger partial charge on any atom is 0.314 e. The molecule has 0 bridgehead atoms. The zero-order valence-corrected chi connectivity index (χ0v) is 11.7. The monoisotopic (exact) mass is 308 g/mol. The van der Waals surface area contributed by atoms with Crippen LogP contribution in [0.5, 0.6) is 0 Å². The number of anilines is 2. The second-order valence-electron chi connectivity index (χ2n) is 3.87. The normalized spacial score (nSPS) is 9.90. The predicted octanol–water partition coefficient (Wildman–Crippen LogP) is 3.57. The minimum Gasteiger partial charge on any atom is -0.316 e. The largest absolute Gasteiger partial charge is 0.316 e. The summed E-state index contributed by atoms with van der Waals surface area (Å²) in [6.07, 6.45) is 0. The Morgan fingerprint density at radius 2 is 1.05 bits per heavy atom. The van der Waals surface area contributed by atoms with Crippen LogP contribution < -0.4 is 10.6 Å². The van der Waals surface area contributed by atoms with Crippen LogP contribution in [0.4, 0.5) is 11.4 Å². The van der Waals surface area contributed by atoms with E-state index in [1.165, 1.54) is 0 Å². The van der Waals surface area contributed by atoms with Crippen molar-refractivity contribution in [2.75, 3.05) is 10.6 Å². The van der Waals surface area contributed by atoms with Gasteiger partial charge in [0.2, 0.25) is 0 Å². The van der Waals surface area contributed by atoms with Gasteiger partial charge in [-0.15, -0.1) is 0 Å². The lowest BCUT2D eigenvalue weighted by Crippen LogP contribution is -2.29. The first-order valence-corrected chi connectivity index (χ1v) is 6.45. The molecule has 2 aromatic rings. The first-order valence-electron chi connectivity index (χ1n) is 5.69. The second-order valence-corrected chi connectivity index (χ2v) is 4.68. The number of hydrogen-bond acceptors (Lipinski definition) is 2. The van der Waals surface area contributed by atoms with E-state index in [9.17, 15) is 9.59 Å². The number of rotatable bonds is 2. The molecule has 0 aliphatic carbocycles. The van der Waals surface area contributed by atoms with Gasteiger partial charge in [0.25, 0.3) is 0 Å². The number of halogens is 2. The van der Waals surface area contributed by atoms with Crippen molar-refractivity contribution in [2.24, 2.45) is 0 Å². The predicted molar refractivity (Wildman–Crippen MR) is 80.2 cm³/mol. The van der Waals surface area contributed by atoms with Gasteiger partial charge in [-0.2, -0.15) is 0 Å². The fourth-order valence-electron chi connectivity index (χ4n) is 1.48. The number of para-hydroxylation sites is 2. The Morgan fingerprint density at radius 3 is 1.40 bits per heavy atom. The Labute approximate surface area is 125 Å². The highest BCUT2D eigenvalue weighted by Crippen LogP contribution is 2.22. The summed E-state index contributed by atoms with van der Waals surface area (Å²) in [6.45, 7) is 0. The van der Waals surface area contributed by atoms with Crippen molar-refractivity contribution in [2.45, 2.75) is 0 Å². The summed E-state index contributed by atoms with van der Waals surface area (Å²) in [5, 5.41) is 5.55. The summed E-state index contributed by atoms with van der Waals surface area (Å²) in [6, 6.07) is 13.3. The molecular formula is C14H10Cl2N2O2. The van der Waals surface area contributed by atoms with Crippen molar-refractivity contribution in [1.82, 2.24) is 0 Å². The van der Waals surface area contributed by atoms with Crippen molar-refractivity contribution in [3.05, 3.63) is 58.6 Å². The third-order valence-corrected chi connectivity index (χ3v) is 3.11. The average Bonchev–Trinajstić information content (AvgIpc) is 2.43. The minimum absolute atomic E-state index is 0.353. The van der Waals surface area contributed by atoms with E-state index in [1.54, 1.807) is 48.5 Å². The fourth-order valence-corrected chi connectivity index (χ4v) is 1.85. The number of carbonyl (C=O) groups is 2. The number of hydrogen-bond donors (Lipinski definition) is 2. The van der Waals surface area contributed by atoms with E-state index in [1.807, 2.05) is 0 Å². The second kappa shape index (κ2) is 6.41. The summed E-state index contributed by atoms with van der Waals surface area (Å²) < 4.78 is 0. The van der Waals surface area contributed by atoms with Gasteiger partial charge in [-0.05, 0) is 24.3 Å². The van der Waals surface area contributed by atoms with E-state index >= 15 is 0 Å². The molecule has 0 aromatic heterocycles. The van der Waals surface area contributed by atoms with E-state index in [0.29, 0.717) is 21.4 Å². The minimum atomic E-state index is -0.821. The van der Waals surface area contributed by atoms with Gasteiger partial charge in [0.05, 0.1) is 21.4 Å². The summed E-state index contributed by atoms with van der Waals surface area (Å²) >= 11 is 11.8. The molecule has 2 rings (SSSR count). The van der Waals surface area contributed by atoms with Crippen molar-refractivity contribution in [3.63, 3.8) is 0 Å². The van der Waals surface area contributed by atoms with Crippen LogP contribution in [0.25, 0.3) is 0 Å². The lowest BCUT2D eigenvalue weighted by Gasteiger charge is -2.08. The molecule has 102 valence electrons. The van der Waals surface area contributed by atoms with Gasteiger partial charge in [-0.25, -0.2) is 0 Å². The molecule has 2 N–H and O–H groups in total. The molecule has 0 aliphatic rings.